The van der Waals surface area contributed by atoms with E-state index in [0.717, 1.165) is 23.7 Å². The van der Waals surface area contributed by atoms with Crippen LogP contribution in [0.3, 0.4) is 0 Å². The number of nitrogens with zero attached hydrogens (tertiary/aromatic N) is 1. The van der Waals surface area contributed by atoms with Gasteiger partial charge in [0.15, 0.2) is 0 Å². The van der Waals surface area contributed by atoms with Gasteiger partial charge in [-0.3, -0.25) is 4.99 Å². The maximum absolute atomic E-state index is 10.4. The van der Waals surface area contributed by atoms with Gasteiger partial charge in [0.05, 0.1) is 11.6 Å². The number of aromatic hydroxyl groups is 1. The zero-order chi connectivity index (χ0) is 14.5. The van der Waals surface area contributed by atoms with Gasteiger partial charge in [-0.15, -0.1) is 0 Å². The van der Waals surface area contributed by atoms with Crippen molar-refractivity contribution >= 4 is 22.1 Å². The molecule has 2 fully saturated rings. The molecule has 0 amide bonds. The summed E-state index contributed by atoms with van der Waals surface area (Å²) >= 11 is 3.40. The minimum atomic E-state index is -0.396. The van der Waals surface area contributed by atoms with Gasteiger partial charge in [-0.05, 0) is 48.8 Å². The topological polar surface area (TPSA) is 52.8 Å². The third kappa shape index (κ3) is 1.85. The van der Waals surface area contributed by atoms with Crippen molar-refractivity contribution in [3.63, 3.8) is 0 Å². The molecule has 2 saturated carbocycles. The summed E-state index contributed by atoms with van der Waals surface area (Å²) in [7, 11) is 0. The van der Waals surface area contributed by atoms with Gasteiger partial charge >= 0.3 is 0 Å². The van der Waals surface area contributed by atoms with E-state index in [-0.39, 0.29) is 17.3 Å². The van der Waals surface area contributed by atoms with E-state index in [4.69, 9.17) is 4.99 Å². The molecule has 2 bridgehead atoms. The highest BCUT2D eigenvalue weighted by Crippen LogP contribution is 2.62. The van der Waals surface area contributed by atoms with Crippen molar-refractivity contribution in [2.24, 2.45) is 16.3 Å². The van der Waals surface area contributed by atoms with Crippen LogP contribution >= 0.6 is 15.9 Å². The third-order valence-corrected chi connectivity index (χ3v) is 5.99. The van der Waals surface area contributed by atoms with Crippen molar-refractivity contribution in [1.29, 1.82) is 0 Å². The smallest absolute Gasteiger partial charge is 0.124 e. The first kappa shape index (κ1) is 14.1. The van der Waals surface area contributed by atoms with Crippen LogP contribution in [0.5, 0.6) is 5.75 Å². The molecule has 2 aliphatic carbocycles. The Morgan fingerprint density at radius 1 is 1.40 bits per heavy atom. The Morgan fingerprint density at radius 2 is 2.15 bits per heavy atom. The lowest BCUT2D eigenvalue weighted by atomic mass is 9.76. The summed E-state index contributed by atoms with van der Waals surface area (Å²) in [6.07, 6.45) is 4.25. The van der Waals surface area contributed by atoms with Gasteiger partial charge in [-0.1, -0.05) is 29.8 Å². The highest BCUT2D eigenvalue weighted by molar-refractivity contribution is 9.10. The van der Waals surface area contributed by atoms with Crippen molar-refractivity contribution in [3.8, 4) is 5.75 Å². The fraction of sp³-hybridized carbons (Fsp3) is 0.562. The third-order valence-electron chi connectivity index (χ3n) is 5.49. The number of phenolic OH excluding ortho intramolecular Hbond substituents is 1. The first-order valence-electron chi connectivity index (χ1n) is 7.08. The Morgan fingerprint density at radius 3 is 2.75 bits per heavy atom. The fourth-order valence-corrected chi connectivity index (χ4v) is 4.41. The molecule has 0 saturated heterocycles. The monoisotopic (exact) mass is 337 g/mol. The second kappa shape index (κ2) is 4.57. The molecule has 2 N–H and O–H groups in total. The van der Waals surface area contributed by atoms with Crippen LogP contribution in [0.15, 0.2) is 27.7 Å². The summed E-state index contributed by atoms with van der Waals surface area (Å²) < 4.78 is 0.907. The van der Waals surface area contributed by atoms with E-state index in [1.165, 1.54) is 0 Å². The van der Waals surface area contributed by atoms with E-state index >= 15 is 0 Å². The van der Waals surface area contributed by atoms with Crippen LogP contribution in [0.2, 0.25) is 0 Å². The molecule has 1 aromatic carbocycles. The van der Waals surface area contributed by atoms with Crippen LogP contribution in [0.1, 0.15) is 38.7 Å². The van der Waals surface area contributed by atoms with Crippen LogP contribution in [-0.2, 0) is 0 Å². The fourth-order valence-electron chi connectivity index (χ4n) is 4.03. The molecule has 0 radical (unpaired) electrons. The average molecular weight is 338 g/mol. The highest BCUT2D eigenvalue weighted by Gasteiger charge is 2.64. The molecular weight excluding hydrogens is 318 g/mol. The van der Waals surface area contributed by atoms with E-state index in [0.29, 0.717) is 11.5 Å². The molecule has 0 aliphatic heterocycles. The summed E-state index contributed by atoms with van der Waals surface area (Å²) in [6, 6.07) is 5.29. The van der Waals surface area contributed by atoms with Gasteiger partial charge in [0, 0.05) is 16.3 Å². The maximum atomic E-state index is 10.4. The SMILES string of the molecule is CC1(C)[C@@H]2CC[C@@]1(N=Cc1cc(Br)ccc1O)[C@H](O)C2. The predicted octanol–water partition coefficient (Wildman–Crippen LogP) is 3.51. The van der Waals surface area contributed by atoms with Crippen molar-refractivity contribution < 1.29 is 10.2 Å². The molecule has 1 aromatic rings. The quantitative estimate of drug-likeness (QED) is 0.811. The van der Waals surface area contributed by atoms with Crippen molar-refractivity contribution in [3.05, 3.63) is 28.2 Å². The number of aliphatic hydroxyl groups excluding tert-OH is 1. The van der Waals surface area contributed by atoms with E-state index in [2.05, 4.69) is 29.8 Å². The van der Waals surface area contributed by atoms with Gasteiger partial charge in [-0.25, -0.2) is 0 Å². The van der Waals surface area contributed by atoms with Crippen LogP contribution in [0.4, 0.5) is 0 Å². The lowest BCUT2D eigenvalue weighted by Crippen LogP contribution is -2.44. The number of hydrogen-bond acceptors (Lipinski definition) is 3. The van der Waals surface area contributed by atoms with Crippen LogP contribution in [0, 0.1) is 11.3 Å². The number of fused-ring (bicyclic) bond motifs is 2. The first-order chi connectivity index (χ1) is 9.37. The van der Waals surface area contributed by atoms with Crippen LogP contribution < -0.4 is 0 Å². The Bertz CT molecular complexity index is 570. The lowest BCUT2D eigenvalue weighted by Gasteiger charge is -2.36. The summed E-state index contributed by atoms with van der Waals surface area (Å²) in [5, 5.41) is 20.3. The zero-order valence-electron chi connectivity index (χ0n) is 11.8. The second-order valence-electron chi connectivity index (χ2n) is 6.59. The van der Waals surface area contributed by atoms with Crippen molar-refractivity contribution in [2.75, 3.05) is 0 Å². The van der Waals surface area contributed by atoms with E-state index in [1.54, 1.807) is 18.3 Å². The Labute approximate surface area is 127 Å². The Kier molecular flexibility index (Phi) is 3.22. The number of hydrogen-bond donors (Lipinski definition) is 2. The Balaban J connectivity index is 1.97. The maximum Gasteiger partial charge on any atom is 0.124 e. The minimum absolute atomic E-state index is 0.0184. The normalized spacial score (nSPS) is 35.0. The highest BCUT2D eigenvalue weighted by atomic mass is 79.9. The summed E-state index contributed by atoms with van der Waals surface area (Å²) in [4.78, 5) is 4.76. The van der Waals surface area contributed by atoms with E-state index < -0.39 is 5.54 Å². The van der Waals surface area contributed by atoms with Crippen LogP contribution in [-0.4, -0.2) is 28.1 Å². The Hall–Kier alpha value is -0.870. The summed E-state index contributed by atoms with van der Waals surface area (Å²) in [6.45, 7) is 4.41. The minimum Gasteiger partial charge on any atom is -0.507 e. The van der Waals surface area contributed by atoms with Gasteiger partial charge in [0.2, 0.25) is 0 Å². The van der Waals surface area contributed by atoms with Crippen molar-refractivity contribution in [2.45, 2.75) is 44.8 Å². The van der Waals surface area contributed by atoms with Crippen LogP contribution in [0.25, 0.3) is 0 Å². The number of aliphatic imine (C=N–C) groups is 1. The molecule has 0 heterocycles. The number of halogens is 1. The summed E-state index contributed by atoms with van der Waals surface area (Å²) in [5.74, 6) is 0.763. The second-order valence-corrected chi connectivity index (χ2v) is 7.51. The molecule has 20 heavy (non-hydrogen) atoms. The molecule has 0 spiro atoms. The van der Waals surface area contributed by atoms with Gasteiger partial charge in [-0.2, -0.15) is 0 Å². The van der Waals surface area contributed by atoms with Gasteiger partial charge < -0.3 is 10.2 Å². The number of phenols is 1. The molecular formula is C16H20BrNO2. The zero-order valence-corrected chi connectivity index (χ0v) is 13.4. The lowest BCUT2D eigenvalue weighted by molar-refractivity contribution is 0.0692. The standard InChI is InChI=1S/C16H20BrNO2/c1-15(2)11-5-6-16(15,14(20)8-11)18-9-10-7-12(17)3-4-13(10)19/h3-4,7,9,11,14,19-20H,5-6,8H2,1-2H3/t11-,14-,16-/m1/s1. The van der Waals surface area contributed by atoms with Gasteiger partial charge in [0.1, 0.15) is 5.75 Å². The van der Waals surface area contributed by atoms with E-state index in [9.17, 15) is 10.2 Å². The average Bonchev–Trinajstić information content (AvgIpc) is 2.74. The number of rotatable bonds is 2. The van der Waals surface area contributed by atoms with Crippen molar-refractivity contribution in [1.82, 2.24) is 0 Å². The predicted molar refractivity (Wildman–Crippen MR) is 83.3 cm³/mol. The molecule has 0 unspecified atom stereocenters. The molecule has 3 atom stereocenters. The van der Waals surface area contributed by atoms with Gasteiger partial charge in [0.25, 0.3) is 0 Å². The largest absolute Gasteiger partial charge is 0.507 e. The molecule has 4 heteroatoms. The molecule has 108 valence electrons. The van der Waals surface area contributed by atoms with E-state index in [1.807, 2.05) is 6.07 Å². The number of aliphatic hydroxyl groups is 1. The molecule has 0 aromatic heterocycles. The molecule has 3 nitrogen and oxygen atoms in total. The molecule has 2 aliphatic rings. The molecule has 3 rings (SSSR count). The first-order valence-corrected chi connectivity index (χ1v) is 7.88. The summed E-state index contributed by atoms with van der Waals surface area (Å²) in [5.41, 5.74) is 0.309. The number of benzene rings is 1.